The molecule has 0 aromatic heterocycles. The van der Waals surface area contributed by atoms with Gasteiger partial charge in [-0.05, 0) is 44.6 Å². The largest absolute Gasteiger partial charge is 0.458 e. The smallest absolute Gasteiger partial charge is 0.408 e. The van der Waals surface area contributed by atoms with E-state index in [1.54, 1.807) is 20.8 Å². The van der Waals surface area contributed by atoms with Crippen LogP contribution in [0.3, 0.4) is 0 Å². The SMILES string of the molecule is CC[C@H](C)[C@H](NC(=O)[C@H](CC(C)C)NC(=O)OCc1ccccc1)C(=O)OC(C)(C)C. The summed E-state index contributed by atoms with van der Waals surface area (Å²) in [5.41, 5.74) is 0.189. The highest BCUT2D eigenvalue weighted by Gasteiger charge is 2.33. The molecule has 2 amide bonds. The average molecular weight is 435 g/mol. The number of hydrogen-bond acceptors (Lipinski definition) is 5. The topological polar surface area (TPSA) is 93.7 Å². The minimum absolute atomic E-state index is 0.107. The number of carbonyl (C=O) groups is 3. The van der Waals surface area contributed by atoms with Gasteiger partial charge in [0, 0.05) is 0 Å². The molecule has 1 rings (SSSR count). The van der Waals surface area contributed by atoms with Gasteiger partial charge in [0.05, 0.1) is 0 Å². The van der Waals surface area contributed by atoms with Gasteiger partial charge in [-0.25, -0.2) is 9.59 Å². The van der Waals surface area contributed by atoms with Crippen molar-refractivity contribution in [3.63, 3.8) is 0 Å². The number of benzene rings is 1. The third kappa shape index (κ3) is 10.3. The Morgan fingerprint density at radius 1 is 1.00 bits per heavy atom. The summed E-state index contributed by atoms with van der Waals surface area (Å²) in [6.45, 7) is 13.2. The first-order valence-electron chi connectivity index (χ1n) is 10.9. The fourth-order valence-electron chi connectivity index (χ4n) is 2.90. The minimum atomic E-state index is -0.822. The summed E-state index contributed by atoms with van der Waals surface area (Å²) < 4.78 is 10.7. The number of carbonyl (C=O) groups excluding carboxylic acids is 3. The lowest BCUT2D eigenvalue weighted by Crippen LogP contribution is -2.54. The Morgan fingerprint density at radius 2 is 1.61 bits per heavy atom. The summed E-state index contributed by atoms with van der Waals surface area (Å²) in [5.74, 6) is -0.885. The van der Waals surface area contributed by atoms with E-state index in [2.05, 4.69) is 10.6 Å². The van der Waals surface area contributed by atoms with E-state index in [-0.39, 0.29) is 18.4 Å². The number of amides is 2. The van der Waals surface area contributed by atoms with E-state index in [1.807, 2.05) is 58.0 Å². The molecule has 0 fully saturated rings. The van der Waals surface area contributed by atoms with Crippen molar-refractivity contribution >= 4 is 18.0 Å². The molecule has 0 saturated carbocycles. The molecule has 0 aliphatic rings. The summed E-state index contributed by atoms with van der Waals surface area (Å²) >= 11 is 0. The molecule has 0 heterocycles. The predicted octanol–water partition coefficient (Wildman–Crippen LogP) is 4.20. The van der Waals surface area contributed by atoms with Crippen LogP contribution in [0.25, 0.3) is 0 Å². The number of alkyl carbamates (subject to hydrolysis) is 1. The lowest BCUT2D eigenvalue weighted by atomic mass is 9.97. The molecule has 174 valence electrons. The summed E-state index contributed by atoms with van der Waals surface area (Å²) in [6, 6.07) is 7.68. The first kappa shape index (κ1) is 26.5. The summed E-state index contributed by atoms with van der Waals surface area (Å²) in [7, 11) is 0. The van der Waals surface area contributed by atoms with Gasteiger partial charge < -0.3 is 20.1 Å². The van der Waals surface area contributed by atoms with Gasteiger partial charge >= 0.3 is 12.1 Å². The van der Waals surface area contributed by atoms with Gasteiger partial charge in [-0.1, -0.05) is 64.4 Å². The van der Waals surface area contributed by atoms with Gasteiger partial charge in [0.15, 0.2) is 0 Å². The van der Waals surface area contributed by atoms with E-state index in [0.29, 0.717) is 12.8 Å². The lowest BCUT2D eigenvalue weighted by molar-refractivity contribution is -0.160. The number of hydrogen-bond donors (Lipinski definition) is 2. The van der Waals surface area contributed by atoms with Crippen molar-refractivity contribution < 1.29 is 23.9 Å². The molecular weight excluding hydrogens is 396 g/mol. The van der Waals surface area contributed by atoms with E-state index >= 15 is 0 Å². The van der Waals surface area contributed by atoms with Crippen molar-refractivity contribution in [2.24, 2.45) is 11.8 Å². The predicted molar refractivity (Wildman–Crippen MR) is 120 cm³/mol. The molecule has 31 heavy (non-hydrogen) atoms. The van der Waals surface area contributed by atoms with Gasteiger partial charge in [0.25, 0.3) is 0 Å². The average Bonchev–Trinajstić information content (AvgIpc) is 2.68. The summed E-state index contributed by atoms with van der Waals surface area (Å²) in [5, 5.41) is 5.43. The highest BCUT2D eigenvalue weighted by Crippen LogP contribution is 2.16. The number of nitrogens with one attached hydrogen (secondary N) is 2. The Labute approximate surface area is 186 Å². The molecule has 0 bridgehead atoms. The maximum Gasteiger partial charge on any atom is 0.408 e. The zero-order valence-electron chi connectivity index (χ0n) is 19.9. The molecule has 1 aromatic carbocycles. The highest BCUT2D eigenvalue weighted by atomic mass is 16.6. The molecule has 0 saturated heterocycles. The van der Waals surface area contributed by atoms with Crippen molar-refractivity contribution in [2.45, 2.75) is 85.6 Å². The lowest BCUT2D eigenvalue weighted by Gasteiger charge is -2.29. The Balaban J connectivity index is 2.83. The quantitative estimate of drug-likeness (QED) is 0.538. The zero-order chi connectivity index (χ0) is 23.6. The third-order valence-electron chi connectivity index (χ3n) is 4.70. The van der Waals surface area contributed by atoms with E-state index in [0.717, 1.165) is 5.56 Å². The Kier molecular flexibility index (Phi) is 10.5. The molecular formula is C24H38N2O5. The second-order valence-electron chi connectivity index (χ2n) is 9.29. The first-order valence-corrected chi connectivity index (χ1v) is 10.9. The van der Waals surface area contributed by atoms with Crippen LogP contribution < -0.4 is 10.6 Å². The standard InChI is InChI=1S/C24H38N2O5/c1-8-17(4)20(22(28)31-24(5,6)7)26-21(27)19(14-16(2)3)25-23(29)30-15-18-12-10-9-11-13-18/h9-13,16-17,19-20H,8,14-15H2,1-7H3,(H,25,29)(H,26,27)/t17-,19-,20-/m0/s1. The van der Waals surface area contributed by atoms with Crippen LogP contribution in [0.2, 0.25) is 0 Å². The number of rotatable bonds is 10. The van der Waals surface area contributed by atoms with E-state index < -0.39 is 35.7 Å². The van der Waals surface area contributed by atoms with Crippen molar-refractivity contribution in [2.75, 3.05) is 0 Å². The summed E-state index contributed by atoms with van der Waals surface area (Å²) in [4.78, 5) is 38.0. The van der Waals surface area contributed by atoms with Crippen LogP contribution in [0.4, 0.5) is 4.79 Å². The van der Waals surface area contributed by atoms with Gasteiger partial charge in [0.2, 0.25) is 5.91 Å². The fraction of sp³-hybridized carbons (Fsp3) is 0.625. The third-order valence-corrected chi connectivity index (χ3v) is 4.70. The Bertz CT molecular complexity index is 712. The molecule has 3 atom stereocenters. The molecule has 0 unspecified atom stereocenters. The van der Waals surface area contributed by atoms with Crippen LogP contribution in [0, 0.1) is 11.8 Å². The Morgan fingerprint density at radius 3 is 2.13 bits per heavy atom. The van der Waals surface area contributed by atoms with Gasteiger partial charge in [-0.3, -0.25) is 4.79 Å². The van der Waals surface area contributed by atoms with E-state index in [4.69, 9.17) is 9.47 Å². The summed E-state index contributed by atoms with van der Waals surface area (Å²) in [6.07, 6.45) is 0.418. The van der Waals surface area contributed by atoms with Gasteiger partial charge in [-0.15, -0.1) is 0 Å². The maximum absolute atomic E-state index is 13.0. The van der Waals surface area contributed by atoms with Crippen molar-refractivity contribution in [1.29, 1.82) is 0 Å². The van der Waals surface area contributed by atoms with E-state index in [1.165, 1.54) is 0 Å². The highest BCUT2D eigenvalue weighted by molar-refractivity contribution is 5.89. The van der Waals surface area contributed by atoms with Crippen LogP contribution in [-0.2, 0) is 25.7 Å². The van der Waals surface area contributed by atoms with Crippen LogP contribution in [-0.4, -0.2) is 35.7 Å². The van der Waals surface area contributed by atoms with Crippen molar-refractivity contribution in [3.05, 3.63) is 35.9 Å². The van der Waals surface area contributed by atoms with Gasteiger partial charge in [-0.2, -0.15) is 0 Å². The Hall–Kier alpha value is -2.57. The normalized spacial score (nSPS) is 14.3. The second kappa shape index (κ2) is 12.3. The van der Waals surface area contributed by atoms with Crippen LogP contribution in [0.15, 0.2) is 30.3 Å². The van der Waals surface area contributed by atoms with Crippen molar-refractivity contribution in [3.8, 4) is 0 Å². The number of ether oxygens (including phenoxy) is 2. The zero-order valence-corrected chi connectivity index (χ0v) is 19.9. The first-order chi connectivity index (χ1) is 14.4. The van der Waals surface area contributed by atoms with Crippen LogP contribution >= 0.6 is 0 Å². The van der Waals surface area contributed by atoms with Crippen LogP contribution in [0.1, 0.15) is 66.9 Å². The minimum Gasteiger partial charge on any atom is -0.458 e. The molecule has 0 aliphatic carbocycles. The fourth-order valence-corrected chi connectivity index (χ4v) is 2.90. The maximum atomic E-state index is 13.0. The molecule has 1 aromatic rings. The number of esters is 1. The molecule has 7 nitrogen and oxygen atoms in total. The second-order valence-corrected chi connectivity index (χ2v) is 9.29. The van der Waals surface area contributed by atoms with Crippen molar-refractivity contribution in [1.82, 2.24) is 10.6 Å². The monoisotopic (exact) mass is 434 g/mol. The van der Waals surface area contributed by atoms with Crippen LogP contribution in [0.5, 0.6) is 0 Å². The molecule has 0 spiro atoms. The molecule has 7 heteroatoms. The molecule has 2 N–H and O–H groups in total. The molecule has 0 aliphatic heterocycles. The van der Waals surface area contributed by atoms with Gasteiger partial charge in [0.1, 0.15) is 24.3 Å². The molecule has 0 radical (unpaired) electrons. The van der Waals surface area contributed by atoms with E-state index in [9.17, 15) is 14.4 Å².